The van der Waals surface area contributed by atoms with Gasteiger partial charge in [0, 0.05) is 18.8 Å². The molecule has 7 heteroatoms. The number of nitrogens with two attached hydrogens (primary N) is 1. The Bertz CT molecular complexity index is 608. The van der Waals surface area contributed by atoms with Gasteiger partial charge in [-0.2, -0.15) is 0 Å². The van der Waals surface area contributed by atoms with Gasteiger partial charge in [0.1, 0.15) is 6.10 Å². The van der Waals surface area contributed by atoms with E-state index in [0.717, 1.165) is 24.9 Å². The van der Waals surface area contributed by atoms with Crippen molar-refractivity contribution < 1.29 is 19.1 Å². The van der Waals surface area contributed by atoms with Gasteiger partial charge in [-0.05, 0) is 50.9 Å². The number of likely N-dealkylation sites (tertiary alicyclic amines) is 1. The molecule has 2 atom stereocenters. The third-order valence-corrected chi connectivity index (χ3v) is 4.44. The number of anilines is 1. The zero-order valence-corrected chi connectivity index (χ0v) is 15.6. The molecule has 0 spiro atoms. The second-order valence-corrected chi connectivity index (χ2v) is 6.43. The number of primary amides is 1. The highest BCUT2D eigenvalue weighted by Crippen LogP contribution is 2.21. The minimum Gasteiger partial charge on any atom is -0.379 e. The van der Waals surface area contributed by atoms with Crippen LogP contribution in [0.5, 0.6) is 0 Å². The van der Waals surface area contributed by atoms with Crippen molar-refractivity contribution in [2.45, 2.75) is 45.4 Å². The van der Waals surface area contributed by atoms with Gasteiger partial charge in [0.2, 0.25) is 5.91 Å². The number of ether oxygens (including phenoxy) is 2. The van der Waals surface area contributed by atoms with Gasteiger partial charge in [-0.1, -0.05) is 12.1 Å². The molecule has 1 aliphatic rings. The standard InChI is InChI=1S/C19H29N3O4/c1-3-25-10-11-26-14(2)19(24)21-16-7-4-6-15(12-16)13-22-9-5-8-17(22)18(20)23/h4,6-7,12,14,17H,3,5,8-11,13H2,1-2H3,(H2,20,23)(H,21,24). The maximum absolute atomic E-state index is 12.2. The average molecular weight is 363 g/mol. The number of carbonyl (C=O) groups is 2. The fourth-order valence-corrected chi connectivity index (χ4v) is 3.07. The molecule has 0 saturated carbocycles. The number of rotatable bonds is 10. The van der Waals surface area contributed by atoms with Gasteiger partial charge >= 0.3 is 0 Å². The third-order valence-electron chi connectivity index (χ3n) is 4.44. The summed E-state index contributed by atoms with van der Waals surface area (Å²) in [7, 11) is 0. The summed E-state index contributed by atoms with van der Waals surface area (Å²) in [5.41, 5.74) is 7.21. The third kappa shape index (κ3) is 6.09. The summed E-state index contributed by atoms with van der Waals surface area (Å²) in [4.78, 5) is 25.8. The van der Waals surface area contributed by atoms with Crippen LogP contribution in [0.3, 0.4) is 0 Å². The smallest absolute Gasteiger partial charge is 0.253 e. The predicted molar refractivity (Wildman–Crippen MR) is 99.6 cm³/mol. The van der Waals surface area contributed by atoms with Gasteiger partial charge in [0.15, 0.2) is 0 Å². The fraction of sp³-hybridized carbons (Fsp3) is 0.579. The molecule has 0 bridgehead atoms. The molecule has 2 amide bonds. The van der Waals surface area contributed by atoms with Crippen LogP contribution in [0.4, 0.5) is 5.69 Å². The number of benzene rings is 1. The van der Waals surface area contributed by atoms with Crippen LogP contribution < -0.4 is 11.1 Å². The van der Waals surface area contributed by atoms with Crippen LogP contribution in [0.25, 0.3) is 0 Å². The lowest BCUT2D eigenvalue weighted by Gasteiger charge is -2.22. The molecule has 3 N–H and O–H groups in total. The minimum absolute atomic E-state index is 0.199. The van der Waals surface area contributed by atoms with E-state index in [9.17, 15) is 9.59 Å². The molecule has 1 aromatic rings. The van der Waals surface area contributed by atoms with Crippen LogP contribution in [-0.4, -0.2) is 55.2 Å². The summed E-state index contributed by atoms with van der Waals surface area (Å²) in [6, 6.07) is 7.42. The normalized spacial score (nSPS) is 18.6. The summed E-state index contributed by atoms with van der Waals surface area (Å²) >= 11 is 0. The van der Waals surface area contributed by atoms with Crippen LogP contribution in [0.15, 0.2) is 24.3 Å². The van der Waals surface area contributed by atoms with Crippen LogP contribution in [0.2, 0.25) is 0 Å². The molecule has 2 unspecified atom stereocenters. The van der Waals surface area contributed by atoms with E-state index in [1.807, 2.05) is 31.2 Å². The Morgan fingerprint density at radius 1 is 1.38 bits per heavy atom. The van der Waals surface area contributed by atoms with Crippen molar-refractivity contribution in [2.24, 2.45) is 5.73 Å². The Labute approximate surface area is 154 Å². The van der Waals surface area contributed by atoms with Gasteiger partial charge in [-0.25, -0.2) is 0 Å². The predicted octanol–water partition coefficient (Wildman–Crippen LogP) is 1.52. The summed E-state index contributed by atoms with van der Waals surface area (Å²) in [5.74, 6) is -0.472. The van der Waals surface area contributed by atoms with E-state index in [1.54, 1.807) is 6.92 Å². The van der Waals surface area contributed by atoms with Crippen LogP contribution >= 0.6 is 0 Å². The lowest BCUT2D eigenvalue weighted by Crippen LogP contribution is -2.39. The number of nitrogens with zero attached hydrogens (tertiary/aromatic N) is 1. The molecule has 2 rings (SSSR count). The first-order valence-electron chi connectivity index (χ1n) is 9.13. The Balaban J connectivity index is 1.88. The molecule has 1 fully saturated rings. The molecule has 1 heterocycles. The van der Waals surface area contributed by atoms with E-state index in [1.165, 1.54) is 0 Å². The molecular formula is C19H29N3O4. The number of hydrogen-bond donors (Lipinski definition) is 2. The second-order valence-electron chi connectivity index (χ2n) is 6.43. The molecule has 1 aromatic carbocycles. The Hall–Kier alpha value is -1.96. The first-order valence-corrected chi connectivity index (χ1v) is 9.13. The van der Waals surface area contributed by atoms with Crippen LogP contribution in [-0.2, 0) is 25.6 Å². The van der Waals surface area contributed by atoms with Crippen molar-refractivity contribution in [1.29, 1.82) is 0 Å². The number of nitrogens with one attached hydrogen (secondary N) is 1. The first kappa shape index (κ1) is 20.4. The van der Waals surface area contributed by atoms with Gasteiger partial charge < -0.3 is 20.5 Å². The molecule has 0 aliphatic carbocycles. The summed E-state index contributed by atoms with van der Waals surface area (Å²) in [5, 5.41) is 2.87. The molecule has 0 aromatic heterocycles. The highest BCUT2D eigenvalue weighted by molar-refractivity contribution is 5.93. The number of amides is 2. The second kappa shape index (κ2) is 10.3. The van der Waals surface area contributed by atoms with Gasteiger partial charge in [0.25, 0.3) is 5.91 Å². The topological polar surface area (TPSA) is 93.9 Å². The fourth-order valence-electron chi connectivity index (χ4n) is 3.07. The molecule has 7 nitrogen and oxygen atoms in total. The lowest BCUT2D eigenvalue weighted by atomic mass is 10.1. The quantitative estimate of drug-likeness (QED) is 0.615. The first-order chi connectivity index (χ1) is 12.5. The maximum atomic E-state index is 12.2. The van der Waals surface area contributed by atoms with Gasteiger partial charge in [-0.3, -0.25) is 14.5 Å². The van der Waals surface area contributed by atoms with E-state index in [-0.39, 0.29) is 17.9 Å². The zero-order valence-electron chi connectivity index (χ0n) is 15.6. The number of hydrogen-bond acceptors (Lipinski definition) is 5. The zero-order chi connectivity index (χ0) is 18.9. The summed E-state index contributed by atoms with van der Waals surface area (Å²) in [6.07, 6.45) is 1.22. The maximum Gasteiger partial charge on any atom is 0.253 e. The van der Waals surface area contributed by atoms with Gasteiger partial charge in [0.05, 0.1) is 19.3 Å². The summed E-state index contributed by atoms with van der Waals surface area (Å²) < 4.78 is 10.7. The van der Waals surface area contributed by atoms with Crippen molar-refractivity contribution >= 4 is 17.5 Å². The van der Waals surface area contributed by atoms with Crippen molar-refractivity contribution in [3.05, 3.63) is 29.8 Å². The highest BCUT2D eigenvalue weighted by atomic mass is 16.5. The van der Waals surface area contributed by atoms with E-state index in [4.69, 9.17) is 15.2 Å². The molecule has 1 saturated heterocycles. The molecule has 26 heavy (non-hydrogen) atoms. The van der Waals surface area contributed by atoms with Crippen molar-refractivity contribution in [2.75, 3.05) is 31.7 Å². The summed E-state index contributed by atoms with van der Waals surface area (Å²) in [6.45, 7) is 6.60. The molecule has 0 radical (unpaired) electrons. The minimum atomic E-state index is -0.558. The largest absolute Gasteiger partial charge is 0.379 e. The van der Waals surface area contributed by atoms with Crippen LogP contribution in [0, 0.1) is 0 Å². The Morgan fingerprint density at radius 2 is 2.19 bits per heavy atom. The van der Waals surface area contributed by atoms with Crippen LogP contribution in [0.1, 0.15) is 32.3 Å². The van der Waals surface area contributed by atoms with Gasteiger partial charge in [-0.15, -0.1) is 0 Å². The van der Waals surface area contributed by atoms with Crippen molar-refractivity contribution in [1.82, 2.24) is 4.90 Å². The van der Waals surface area contributed by atoms with E-state index >= 15 is 0 Å². The molecule has 1 aliphatic heterocycles. The van der Waals surface area contributed by atoms with E-state index < -0.39 is 6.10 Å². The monoisotopic (exact) mass is 363 g/mol. The Kier molecular flexibility index (Phi) is 8.03. The molecular weight excluding hydrogens is 334 g/mol. The van der Waals surface area contributed by atoms with Crippen molar-refractivity contribution in [3.63, 3.8) is 0 Å². The number of carbonyl (C=O) groups excluding carboxylic acids is 2. The molecule has 144 valence electrons. The van der Waals surface area contributed by atoms with E-state index in [2.05, 4.69) is 10.2 Å². The highest BCUT2D eigenvalue weighted by Gasteiger charge is 2.28. The van der Waals surface area contributed by atoms with E-state index in [0.29, 0.717) is 32.1 Å². The SMILES string of the molecule is CCOCCOC(C)C(=O)Nc1cccc(CN2CCCC2C(N)=O)c1. The average Bonchev–Trinajstić information content (AvgIpc) is 3.07. The van der Waals surface area contributed by atoms with Crippen molar-refractivity contribution in [3.8, 4) is 0 Å². The Morgan fingerprint density at radius 3 is 2.92 bits per heavy atom. The lowest BCUT2D eigenvalue weighted by molar-refractivity contribution is -0.127.